The quantitative estimate of drug-likeness (QED) is 0.734. The Labute approximate surface area is 95.7 Å². The van der Waals surface area contributed by atoms with Gasteiger partial charge in [0.25, 0.3) is 0 Å². The highest BCUT2D eigenvalue weighted by Gasteiger charge is 2.27. The minimum Gasteiger partial charge on any atom is -0.498 e. The zero-order valence-corrected chi connectivity index (χ0v) is 9.49. The molecule has 0 N–H and O–H groups in total. The van der Waals surface area contributed by atoms with E-state index in [1.165, 1.54) is 16.8 Å². The van der Waals surface area contributed by atoms with Gasteiger partial charge < -0.3 is 4.74 Å². The molecule has 1 aromatic rings. The Morgan fingerprint density at radius 3 is 3.00 bits per heavy atom. The van der Waals surface area contributed by atoms with Crippen LogP contribution in [-0.4, -0.2) is 12.3 Å². The molecule has 82 valence electrons. The van der Waals surface area contributed by atoms with Gasteiger partial charge in [0.1, 0.15) is 5.76 Å². The number of fused-ring (bicyclic) bond motifs is 3. The number of rotatable bonds is 2. The molecule has 0 spiro atoms. The molecule has 1 aliphatic heterocycles. The van der Waals surface area contributed by atoms with Crippen molar-refractivity contribution in [3.8, 4) is 0 Å². The summed E-state index contributed by atoms with van der Waals surface area (Å²) >= 11 is 0. The Bertz CT molecular complexity index is 485. The van der Waals surface area contributed by atoms with Gasteiger partial charge in [-0.15, -0.1) is 0 Å². The van der Waals surface area contributed by atoms with Gasteiger partial charge in [-0.2, -0.15) is 0 Å². The van der Waals surface area contributed by atoms with Crippen molar-refractivity contribution in [3.63, 3.8) is 0 Å². The van der Waals surface area contributed by atoms with Crippen LogP contribution in [-0.2, 0) is 4.74 Å². The van der Waals surface area contributed by atoms with E-state index >= 15 is 0 Å². The second kappa shape index (κ2) is 3.78. The van der Waals surface area contributed by atoms with Crippen LogP contribution in [0, 0.1) is 0 Å². The summed E-state index contributed by atoms with van der Waals surface area (Å²) in [7, 11) is 0. The van der Waals surface area contributed by atoms with Crippen LogP contribution in [0.3, 0.4) is 0 Å². The molecule has 0 radical (unpaired) electrons. The number of ether oxygens (including phenoxy) is 1. The van der Waals surface area contributed by atoms with Crippen molar-refractivity contribution >= 4 is 17.0 Å². The van der Waals surface area contributed by atoms with E-state index in [-0.39, 0.29) is 0 Å². The first-order valence-electron chi connectivity index (χ1n) is 5.93. The van der Waals surface area contributed by atoms with E-state index < -0.39 is 0 Å². The topological polar surface area (TPSA) is 21.6 Å². The molecule has 0 bridgehead atoms. The Hall–Kier alpha value is -1.57. The molecule has 0 saturated carbocycles. The fraction of sp³-hybridized carbons (Fsp3) is 0.357. The standard InChI is InChI=1S/C14H15NO/c1-2-16-13-9-5-8-12-14(13)10-6-3-4-7-11(10)15-12/h3-4,6-7H,2,5,8-9H2,1H3. The highest BCUT2D eigenvalue weighted by Crippen LogP contribution is 2.41. The number of hydrogen-bond acceptors (Lipinski definition) is 2. The lowest BCUT2D eigenvalue weighted by atomic mass is 9.92. The molecule has 1 aromatic carbocycles. The number of aliphatic imine (C=N–C) groups is 1. The summed E-state index contributed by atoms with van der Waals surface area (Å²) in [6.45, 7) is 2.79. The zero-order valence-electron chi connectivity index (χ0n) is 9.49. The average Bonchev–Trinajstić information content (AvgIpc) is 2.68. The highest BCUT2D eigenvalue weighted by molar-refractivity contribution is 6.29. The average molecular weight is 213 g/mol. The molecule has 2 heteroatoms. The number of para-hydroxylation sites is 1. The normalized spacial score (nSPS) is 17.9. The van der Waals surface area contributed by atoms with Gasteiger partial charge in [-0.25, -0.2) is 0 Å². The molecule has 2 nitrogen and oxygen atoms in total. The van der Waals surface area contributed by atoms with E-state index in [2.05, 4.69) is 23.2 Å². The minimum absolute atomic E-state index is 0.744. The maximum Gasteiger partial charge on any atom is 0.106 e. The minimum atomic E-state index is 0.744. The van der Waals surface area contributed by atoms with Crippen molar-refractivity contribution in [2.45, 2.75) is 26.2 Å². The first-order valence-corrected chi connectivity index (χ1v) is 5.93. The van der Waals surface area contributed by atoms with Crippen molar-refractivity contribution < 1.29 is 4.74 Å². The molecule has 0 atom stereocenters. The van der Waals surface area contributed by atoms with Crippen LogP contribution >= 0.6 is 0 Å². The van der Waals surface area contributed by atoms with Crippen LogP contribution in [0.5, 0.6) is 0 Å². The monoisotopic (exact) mass is 213 g/mol. The van der Waals surface area contributed by atoms with Crippen LogP contribution < -0.4 is 0 Å². The summed E-state index contributed by atoms with van der Waals surface area (Å²) in [6, 6.07) is 8.34. The van der Waals surface area contributed by atoms with E-state index in [0.717, 1.165) is 37.3 Å². The Morgan fingerprint density at radius 2 is 2.12 bits per heavy atom. The molecule has 16 heavy (non-hydrogen) atoms. The first-order chi connectivity index (χ1) is 7.90. The molecule has 0 amide bonds. The lowest BCUT2D eigenvalue weighted by Gasteiger charge is -2.18. The van der Waals surface area contributed by atoms with Gasteiger partial charge >= 0.3 is 0 Å². The van der Waals surface area contributed by atoms with Crippen LogP contribution in [0.25, 0.3) is 5.57 Å². The maximum absolute atomic E-state index is 5.75. The summed E-state index contributed by atoms with van der Waals surface area (Å²) in [6.07, 6.45) is 3.29. The largest absolute Gasteiger partial charge is 0.498 e. The van der Waals surface area contributed by atoms with Crippen LogP contribution in [0.15, 0.2) is 35.0 Å². The fourth-order valence-electron chi connectivity index (χ4n) is 2.49. The van der Waals surface area contributed by atoms with Gasteiger partial charge in [0.2, 0.25) is 0 Å². The van der Waals surface area contributed by atoms with Crippen LogP contribution in [0.2, 0.25) is 0 Å². The highest BCUT2D eigenvalue weighted by atomic mass is 16.5. The molecule has 2 aliphatic rings. The lowest BCUT2D eigenvalue weighted by Crippen LogP contribution is -2.09. The van der Waals surface area contributed by atoms with Crippen molar-refractivity contribution in [2.75, 3.05) is 6.61 Å². The van der Waals surface area contributed by atoms with Crippen molar-refractivity contribution in [2.24, 2.45) is 4.99 Å². The van der Waals surface area contributed by atoms with Gasteiger partial charge in [-0.05, 0) is 25.8 Å². The Kier molecular flexibility index (Phi) is 2.28. The van der Waals surface area contributed by atoms with Crippen molar-refractivity contribution in [1.82, 2.24) is 0 Å². The number of nitrogens with zero attached hydrogens (tertiary/aromatic N) is 1. The zero-order chi connectivity index (χ0) is 11.0. The second-order valence-electron chi connectivity index (χ2n) is 4.16. The molecular weight excluding hydrogens is 198 g/mol. The van der Waals surface area contributed by atoms with Crippen molar-refractivity contribution in [3.05, 3.63) is 35.6 Å². The molecule has 0 unspecified atom stereocenters. The summed E-state index contributed by atoms with van der Waals surface area (Å²) in [5.41, 5.74) is 4.84. The Morgan fingerprint density at radius 1 is 1.25 bits per heavy atom. The second-order valence-corrected chi connectivity index (χ2v) is 4.16. The number of benzene rings is 1. The summed E-state index contributed by atoms with van der Waals surface area (Å²) in [5.74, 6) is 1.14. The van der Waals surface area contributed by atoms with E-state index in [4.69, 9.17) is 4.74 Å². The van der Waals surface area contributed by atoms with Gasteiger partial charge in [-0.1, -0.05) is 18.2 Å². The van der Waals surface area contributed by atoms with E-state index in [9.17, 15) is 0 Å². The molecule has 1 heterocycles. The maximum atomic E-state index is 5.75. The molecule has 0 aromatic heterocycles. The third-order valence-electron chi connectivity index (χ3n) is 3.13. The lowest BCUT2D eigenvalue weighted by molar-refractivity contribution is 0.218. The summed E-state index contributed by atoms with van der Waals surface area (Å²) in [5, 5.41) is 0. The molecule has 0 fully saturated rings. The third-order valence-corrected chi connectivity index (χ3v) is 3.13. The fourth-order valence-corrected chi connectivity index (χ4v) is 2.49. The number of hydrogen-bond donors (Lipinski definition) is 0. The van der Waals surface area contributed by atoms with Gasteiger partial charge in [0.05, 0.1) is 18.0 Å². The van der Waals surface area contributed by atoms with E-state index in [1.54, 1.807) is 0 Å². The van der Waals surface area contributed by atoms with Crippen LogP contribution in [0.1, 0.15) is 31.7 Å². The van der Waals surface area contributed by atoms with Gasteiger partial charge in [-0.3, -0.25) is 4.99 Å². The predicted octanol–water partition coefficient (Wildman–Crippen LogP) is 3.70. The van der Waals surface area contributed by atoms with Gasteiger partial charge in [0, 0.05) is 17.6 Å². The number of allylic oxidation sites excluding steroid dienone is 2. The van der Waals surface area contributed by atoms with E-state index in [1.807, 2.05) is 13.0 Å². The van der Waals surface area contributed by atoms with Crippen molar-refractivity contribution in [1.29, 1.82) is 0 Å². The molecular formula is C14H15NO. The van der Waals surface area contributed by atoms with Crippen LogP contribution in [0.4, 0.5) is 5.69 Å². The Balaban J connectivity index is 2.15. The molecule has 3 rings (SSSR count). The van der Waals surface area contributed by atoms with E-state index in [0.29, 0.717) is 0 Å². The smallest absolute Gasteiger partial charge is 0.106 e. The summed E-state index contributed by atoms with van der Waals surface area (Å²) < 4.78 is 5.75. The SMILES string of the molecule is CCOC1=C2C(=Nc3ccccc32)CCC1. The summed E-state index contributed by atoms with van der Waals surface area (Å²) in [4.78, 5) is 4.68. The molecule has 1 aliphatic carbocycles. The first kappa shape index (κ1) is 9.64. The predicted molar refractivity (Wildman–Crippen MR) is 65.9 cm³/mol. The molecule has 0 saturated heterocycles. The van der Waals surface area contributed by atoms with Gasteiger partial charge in [0.15, 0.2) is 0 Å². The third kappa shape index (κ3) is 1.37.